The van der Waals surface area contributed by atoms with E-state index in [2.05, 4.69) is 15.6 Å². The lowest BCUT2D eigenvalue weighted by molar-refractivity contribution is -0.120. The van der Waals surface area contributed by atoms with Crippen LogP contribution in [0.25, 0.3) is 10.2 Å². The third kappa shape index (κ3) is 3.33. The average molecular weight is 305 g/mol. The molecule has 2 heterocycles. The number of benzene rings is 1. The average Bonchev–Trinajstić information content (AvgIpc) is 2.90. The van der Waals surface area contributed by atoms with E-state index in [1.54, 1.807) is 0 Å². The summed E-state index contributed by atoms with van der Waals surface area (Å²) in [6, 6.07) is 5.80. The number of nitrogens with zero attached hydrogens (tertiary/aromatic N) is 1. The minimum atomic E-state index is 0.0461. The molecule has 2 N–H and O–H groups in total. The first-order valence-corrected chi connectivity index (χ1v) is 8.13. The zero-order chi connectivity index (χ0) is 14.7. The van der Waals surface area contributed by atoms with Crippen LogP contribution in [0.4, 0.5) is 5.13 Å². The van der Waals surface area contributed by atoms with E-state index >= 15 is 0 Å². The SMILES string of the molecule is CCOc1ccc2nc(NC(=O)[C@@H]3CCCNC3)sc2c1. The van der Waals surface area contributed by atoms with Crippen LogP contribution in [0.2, 0.25) is 0 Å². The topological polar surface area (TPSA) is 63.2 Å². The monoisotopic (exact) mass is 305 g/mol. The summed E-state index contributed by atoms with van der Waals surface area (Å²) < 4.78 is 6.51. The number of aromatic nitrogens is 1. The van der Waals surface area contributed by atoms with Gasteiger partial charge in [0.1, 0.15) is 5.75 Å². The Morgan fingerprint density at radius 3 is 3.24 bits per heavy atom. The molecule has 112 valence electrons. The number of anilines is 1. The molecule has 1 aliphatic heterocycles. The van der Waals surface area contributed by atoms with E-state index in [-0.39, 0.29) is 11.8 Å². The number of fused-ring (bicyclic) bond motifs is 1. The van der Waals surface area contributed by atoms with Gasteiger partial charge in [-0.2, -0.15) is 0 Å². The first-order valence-electron chi connectivity index (χ1n) is 7.31. The van der Waals surface area contributed by atoms with Crippen LogP contribution in [-0.4, -0.2) is 30.6 Å². The Labute approximate surface area is 127 Å². The van der Waals surface area contributed by atoms with Gasteiger partial charge in [0.05, 0.1) is 22.7 Å². The van der Waals surface area contributed by atoms with Gasteiger partial charge < -0.3 is 15.4 Å². The molecule has 3 rings (SSSR count). The molecule has 21 heavy (non-hydrogen) atoms. The number of carbonyl (C=O) groups is 1. The van der Waals surface area contributed by atoms with Crippen molar-refractivity contribution in [2.24, 2.45) is 5.92 Å². The molecule has 0 unspecified atom stereocenters. The summed E-state index contributed by atoms with van der Waals surface area (Å²) in [5.74, 6) is 0.944. The van der Waals surface area contributed by atoms with E-state index in [1.807, 2.05) is 25.1 Å². The van der Waals surface area contributed by atoms with E-state index in [4.69, 9.17) is 4.74 Å². The molecule has 1 atom stereocenters. The second kappa shape index (κ2) is 6.41. The highest BCUT2D eigenvalue weighted by molar-refractivity contribution is 7.22. The Morgan fingerprint density at radius 1 is 1.57 bits per heavy atom. The maximum absolute atomic E-state index is 12.2. The quantitative estimate of drug-likeness (QED) is 0.911. The van der Waals surface area contributed by atoms with Gasteiger partial charge in [0.25, 0.3) is 0 Å². The number of rotatable bonds is 4. The van der Waals surface area contributed by atoms with Crippen molar-refractivity contribution in [1.82, 2.24) is 10.3 Å². The highest BCUT2D eigenvalue weighted by Gasteiger charge is 2.21. The van der Waals surface area contributed by atoms with Gasteiger partial charge in [-0.25, -0.2) is 4.98 Å². The Hall–Kier alpha value is -1.66. The fourth-order valence-corrected chi connectivity index (χ4v) is 3.40. The van der Waals surface area contributed by atoms with Crippen LogP contribution in [-0.2, 0) is 4.79 Å². The molecule has 0 aliphatic carbocycles. The van der Waals surface area contributed by atoms with E-state index in [0.29, 0.717) is 11.7 Å². The van der Waals surface area contributed by atoms with Gasteiger partial charge in [0, 0.05) is 6.54 Å². The highest BCUT2D eigenvalue weighted by atomic mass is 32.1. The molecule has 1 aromatic heterocycles. The van der Waals surface area contributed by atoms with Crippen LogP contribution in [0.5, 0.6) is 5.75 Å². The van der Waals surface area contributed by atoms with Crippen LogP contribution in [0.3, 0.4) is 0 Å². The predicted molar refractivity (Wildman–Crippen MR) is 85.0 cm³/mol. The van der Waals surface area contributed by atoms with Crippen molar-refractivity contribution in [1.29, 1.82) is 0 Å². The molecule has 0 saturated carbocycles. The molecule has 6 heteroatoms. The lowest BCUT2D eigenvalue weighted by Crippen LogP contribution is -2.37. The maximum atomic E-state index is 12.2. The summed E-state index contributed by atoms with van der Waals surface area (Å²) in [5.41, 5.74) is 0.889. The third-order valence-corrected chi connectivity index (χ3v) is 4.50. The van der Waals surface area contributed by atoms with Gasteiger partial charge >= 0.3 is 0 Å². The predicted octanol–water partition coefficient (Wildman–Crippen LogP) is 2.63. The largest absolute Gasteiger partial charge is 0.494 e. The number of nitrogens with one attached hydrogen (secondary N) is 2. The molecular weight excluding hydrogens is 286 g/mol. The zero-order valence-corrected chi connectivity index (χ0v) is 12.8. The first-order chi connectivity index (χ1) is 10.3. The number of hydrogen-bond acceptors (Lipinski definition) is 5. The van der Waals surface area contributed by atoms with Crippen LogP contribution < -0.4 is 15.4 Å². The van der Waals surface area contributed by atoms with Gasteiger partial charge in [0.15, 0.2) is 5.13 Å². The first kappa shape index (κ1) is 14.3. The van der Waals surface area contributed by atoms with Crippen molar-refractivity contribution >= 4 is 32.6 Å². The summed E-state index contributed by atoms with van der Waals surface area (Å²) in [5, 5.41) is 6.86. The summed E-state index contributed by atoms with van der Waals surface area (Å²) in [6.45, 7) is 4.36. The second-order valence-electron chi connectivity index (χ2n) is 5.11. The van der Waals surface area contributed by atoms with Crippen molar-refractivity contribution < 1.29 is 9.53 Å². The molecule has 1 aromatic carbocycles. The lowest BCUT2D eigenvalue weighted by Gasteiger charge is -2.21. The molecule has 1 aliphatic rings. The van der Waals surface area contributed by atoms with E-state index in [1.165, 1.54) is 11.3 Å². The van der Waals surface area contributed by atoms with Gasteiger partial charge in [-0.05, 0) is 44.5 Å². The van der Waals surface area contributed by atoms with Crippen molar-refractivity contribution in [2.75, 3.05) is 25.0 Å². The summed E-state index contributed by atoms with van der Waals surface area (Å²) >= 11 is 1.49. The molecule has 5 nitrogen and oxygen atoms in total. The summed E-state index contributed by atoms with van der Waals surface area (Å²) in [6.07, 6.45) is 1.99. The van der Waals surface area contributed by atoms with Gasteiger partial charge in [-0.3, -0.25) is 4.79 Å². The number of piperidine rings is 1. The highest BCUT2D eigenvalue weighted by Crippen LogP contribution is 2.29. The van der Waals surface area contributed by atoms with E-state index in [9.17, 15) is 4.79 Å². The molecule has 1 saturated heterocycles. The smallest absolute Gasteiger partial charge is 0.230 e. The Balaban J connectivity index is 1.73. The maximum Gasteiger partial charge on any atom is 0.230 e. The van der Waals surface area contributed by atoms with Crippen LogP contribution in [0, 0.1) is 5.92 Å². The van der Waals surface area contributed by atoms with Crippen molar-refractivity contribution in [3.63, 3.8) is 0 Å². The molecule has 1 fully saturated rings. The van der Waals surface area contributed by atoms with Crippen LogP contribution >= 0.6 is 11.3 Å². The lowest BCUT2D eigenvalue weighted by atomic mass is 9.99. The van der Waals surface area contributed by atoms with Crippen molar-refractivity contribution in [3.8, 4) is 5.75 Å². The third-order valence-electron chi connectivity index (χ3n) is 3.57. The van der Waals surface area contributed by atoms with Gasteiger partial charge in [-0.1, -0.05) is 11.3 Å². The van der Waals surface area contributed by atoms with E-state index < -0.39 is 0 Å². The molecule has 2 aromatic rings. The van der Waals surface area contributed by atoms with Crippen LogP contribution in [0.1, 0.15) is 19.8 Å². The van der Waals surface area contributed by atoms with Gasteiger partial charge in [-0.15, -0.1) is 0 Å². The second-order valence-corrected chi connectivity index (χ2v) is 6.14. The Morgan fingerprint density at radius 2 is 2.48 bits per heavy atom. The Bertz CT molecular complexity index is 635. The fraction of sp³-hybridized carbons (Fsp3) is 0.467. The number of ether oxygens (including phenoxy) is 1. The van der Waals surface area contributed by atoms with Crippen LogP contribution in [0.15, 0.2) is 18.2 Å². The minimum absolute atomic E-state index is 0.0461. The number of hydrogen-bond donors (Lipinski definition) is 2. The number of carbonyl (C=O) groups excluding carboxylic acids is 1. The standard InChI is InChI=1S/C15H19N3O2S/c1-2-20-11-5-6-12-13(8-11)21-15(17-12)18-14(19)10-4-3-7-16-9-10/h5-6,8,10,16H,2-4,7,9H2,1H3,(H,17,18,19)/t10-/m1/s1. The zero-order valence-electron chi connectivity index (χ0n) is 12.0. The fourth-order valence-electron chi connectivity index (χ4n) is 2.50. The molecule has 1 amide bonds. The van der Waals surface area contributed by atoms with Crippen molar-refractivity contribution in [3.05, 3.63) is 18.2 Å². The summed E-state index contributed by atoms with van der Waals surface area (Å²) in [7, 11) is 0. The number of amides is 1. The molecule has 0 bridgehead atoms. The van der Waals surface area contributed by atoms with Gasteiger partial charge in [0.2, 0.25) is 5.91 Å². The summed E-state index contributed by atoms with van der Waals surface area (Å²) in [4.78, 5) is 16.7. The molecular formula is C15H19N3O2S. The normalized spacial score (nSPS) is 18.6. The minimum Gasteiger partial charge on any atom is -0.494 e. The Kier molecular flexibility index (Phi) is 4.36. The molecule has 0 radical (unpaired) electrons. The number of thiazole rings is 1. The molecule has 0 spiro atoms. The van der Waals surface area contributed by atoms with E-state index in [0.717, 1.165) is 41.9 Å². The van der Waals surface area contributed by atoms with Crippen molar-refractivity contribution in [2.45, 2.75) is 19.8 Å².